The fourth-order valence-corrected chi connectivity index (χ4v) is 3.38. The second-order valence-corrected chi connectivity index (χ2v) is 7.76. The predicted octanol–water partition coefficient (Wildman–Crippen LogP) is 4.31. The van der Waals surface area contributed by atoms with E-state index in [0.29, 0.717) is 23.3 Å². The number of amides is 2. The maximum absolute atomic E-state index is 12.5. The van der Waals surface area contributed by atoms with Gasteiger partial charge in [0, 0.05) is 19.0 Å². The van der Waals surface area contributed by atoms with Gasteiger partial charge in [0.2, 0.25) is 5.91 Å². The third-order valence-electron chi connectivity index (χ3n) is 4.34. The van der Waals surface area contributed by atoms with Crippen molar-refractivity contribution in [3.63, 3.8) is 0 Å². The lowest BCUT2D eigenvalue weighted by atomic mass is 10.0. The fraction of sp³-hybridized carbons (Fsp3) is 0.286. The van der Waals surface area contributed by atoms with Crippen LogP contribution in [0.3, 0.4) is 0 Å². The number of anilines is 1. The summed E-state index contributed by atoms with van der Waals surface area (Å²) in [5.41, 5.74) is 3.00. The molecule has 0 saturated carbocycles. The molecule has 0 spiro atoms. The van der Waals surface area contributed by atoms with Crippen molar-refractivity contribution < 1.29 is 14.0 Å². The van der Waals surface area contributed by atoms with Crippen LogP contribution in [0.1, 0.15) is 47.1 Å². The maximum Gasteiger partial charge on any atom is 0.293 e. The number of furan rings is 1. The van der Waals surface area contributed by atoms with Gasteiger partial charge in [0.15, 0.2) is 10.9 Å². The van der Waals surface area contributed by atoms with Gasteiger partial charge >= 0.3 is 0 Å². The summed E-state index contributed by atoms with van der Waals surface area (Å²) in [5.74, 6) is 0.318. The van der Waals surface area contributed by atoms with E-state index in [4.69, 9.17) is 4.42 Å². The molecule has 0 atom stereocenters. The van der Waals surface area contributed by atoms with Crippen LogP contribution in [0.25, 0.3) is 0 Å². The second-order valence-electron chi connectivity index (χ2n) is 6.90. The number of hydrogen-bond donors (Lipinski definition) is 1. The molecule has 28 heavy (non-hydrogen) atoms. The molecule has 3 aromatic rings. The lowest BCUT2D eigenvalue weighted by molar-refractivity contribution is -0.129. The second kappa shape index (κ2) is 8.84. The Morgan fingerprint density at radius 3 is 2.61 bits per heavy atom. The molecule has 0 radical (unpaired) electrons. The molecular weight excluding hydrogens is 374 g/mol. The number of carbonyl (C=O) groups excluding carboxylic acids is 2. The SMILES string of the molecule is CC(C)c1ccc(CN(C)C(=O)Cc2csc(NC(=O)c3ccco3)n2)cc1. The minimum absolute atomic E-state index is 0.0258. The molecule has 0 aliphatic heterocycles. The highest BCUT2D eigenvalue weighted by Crippen LogP contribution is 2.18. The van der Waals surface area contributed by atoms with Crippen molar-refractivity contribution in [2.24, 2.45) is 0 Å². The van der Waals surface area contributed by atoms with Crippen LogP contribution in [0.2, 0.25) is 0 Å². The van der Waals surface area contributed by atoms with E-state index in [2.05, 4.69) is 48.4 Å². The summed E-state index contributed by atoms with van der Waals surface area (Å²) in [5, 5.41) is 4.89. The molecule has 0 bridgehead atoms. The van der Waals surface area contributed by atoms with Crippen molar-refractivity contribution in [3.05, 3.63) is 70.6 Å². The maximum atomic E-state index is 12.5. The first kappa shape index (κ1) is 19.8. The van der Waals surface area contributed by atoms with E-state index >= 15 is 0 Å². The molecule has 0 fully saturated rings. The first-order valence-electron chi connectivity index (χ1n) is 9.04. The molecule has 2 heterocycles. The number of aromatic nitrogens is 1. The van der Waals surface area contributed by atoms with E-state index in [1.807, 2.05) is 0 Å². The minimum Gasteiger partial charge on any atom is -0.459 e. The van der Waals surface area contributed by atoms with Crippen molar-refractivity contribution in [1.82, 2.24) is 9.88 Å². The highest BCUT2D eigenvalue weighted by molar-refractivity contribution is 7.14. The van der Waals surface area contributed by atoms with Crippen LogP contribution in [-0.2, 0) is 17.8 Å². The van der Waals surface area contributed by atoms with Crippen molar-refractivity contribution >= 4 is 28.3 Å². The summed E-state index contributed by atoms with van der Waals surface area (Å²) in [6.07, 6.45) is 1.63. The zero-order valence-electron chi connectivity index (χ0n) is 16.1. The molecule has 7 heteroatoms. The number of benzene rings is 1. The number of likely N-dealkylation sites (N-methyl/N-ethyl adjacent to an activating group) is 1. The Bertz CT molecular complexity index is 930. The van der Waals surface area contributed by atoms with Gasteiger partial charge in [-0.15, -0.1) is 11.3 Å². The molecule has 6 nitrogen and oxygen atoms in total. The summed E-state index contributed by atoms with van der Waals surface area (Å²) in [4.78, 5) is 30.5. The van der Waals surface area contributed by atoms with Crippen LogP contribution >= 0.6 is 11.3 Å². The van der Waals surface area contributed by atoms with Gasteiger partial charge in [0.05, 0.1) is 18.4 Å². The highest BCUT2D eigenvalue weighted by atomic mass is 32.1. The molecule has 0 aliphatic rings. The van der Waals surface area contributed by atoms with Gasteiger partial charge in [-0.2, -0.15) is 0 Å². The van der Waals surface area contributed by atoms with Gasteiger partial charge in [-0.25, -0.2) is 4.98 Å². The van der Waals surface area contributed by atoms with Crippen molar-refractivity contribution in [2.45, 2.75) is 32.7 Å². The Morgan fingerprint density at radius 2 is 1.96 bits per heavy atom. The third-order valence-corrected chi connectivity index (χ3v) is 5.15. The summed E-state index contributed by atoms with van der Waals surface area (Å²) in [7, 11) is 1.78. The number of hydrogen-bond acceptors (Lipinski definition) is 5. The van der Waals surface area contributed by atoms with E-state index in [0.717, 1.165) is 5.56 Å². The molecule has 3 rings (SSSR count). The van der Waals surface area contributed by atoms with Crippen LogP contribution < -0.4 is 5.32 Å². The summed E-state index contributed by atoms with van der Waals surface area (Å²) in [6, 6.07) is 11.6. The Hall–Kier alpha value is -2.93. The Kier molecular flexibility index (Phi) is 6.26. The molecule has 2 amide bonds. The highest BCUT2D eigenvalue weighted by Gasteiger charge is 2.15. The number of thiazole rings is 1. The third kappa shape index (κ3) is 5.07. The van der Waals surface area contributed by atoms with Crippen LogP contribution in [0, 0.1) is 0 Å². The molecular formula is C21H23N3O3S. The first-order chi connectivity index (χ1) is 13.4. The topological polar surface area (TPSA) is 75.4 Å². The van der Waals surface area contributed by atoms with Gasteiger partial charge in [-0.05, 0) is 29.2 Å². The molecule has 2 aromatic heterocycles. The summed E-state index contributed by atoms with van der Waals surface area (Å²) < 4.78 is 5.05. The number of rotatable bonds is 7. The number of nitrogens with one attached hydrogen (secondary N) is 1. The van der Waals surface area contributed by atoms with Gasteiger partial charge in [-0.1, -0.05) is 38.1 Å². The van der Waals surface area contributed by atoms with Crippen molar-refractivity contribution in [2.75, 3.05) is 12.4 Å². The van der Waals surface area contributed by atoms with Gasteiger partial charge in [0.25, 0.3) is 5.91 Å². The lowest BCUT2D eigenvalue weighted by Gasteiger charge is -2.17. The van der Waals surface area contributed by atoms with E-state index in [9.17, 15) is 9.59 Å². The van der Waals surface area contributed by atoms with Gasteiger partial charge in [-0.3, -0.25) is 14.9 Å². The molecule has 0 unspecified atom stereocenters. The van der Waals surface area contributed by atoms with Gasteiger partial charge < -0.3 is 9.32 Å². The van der Waals surface area contributed by atoms with Crippen LogP contribution in [0.4, 0.5) is 5.13 Å². The quantitative estimate of drug-likeness (QED) is 0.644. The normalized spacial score (nSPS) is 10.9. The minimum atomic E-state index is -0.362. The monoisotopic (exact) mass is 397 g/mol. The zero-order chi connectivity index (χ0) is 20.1. The molecule has 1 aromatic carbocycles. The van der Waals surface area contributed by atoms with Crippen molar-refractivity contribution in [3.8, 4) is 0 Å². The van der Waals surface area contributed by atoms with Gasteiger partial charge in [0.1, 0.15) is 0 Å². The van der Waals surface area contributed by atoms with E-state index in [1.165, 1.54) is 23.2 Å². The van der Waals surface area contributed by atoms with E-state index in [1.54, 1.807) is 29.5 Å². The smallest absolute Gasteiger partial charge is 0.293 e. The Morgan fingerprint density at radius 1 is 1.21 bits per heavy atom. The average Bonchev–Trinajstić information content (AvgIpc) is 3.34. The van der Waals surface area contributed by atoms with Crippen LogP contribution in [-0.4, -0.2) is 28.7 Å². The predicted molar refractivity (Wildman–Crippen MR) is 109 cm³/mol. The Labute approximate surface area is 168 Å². The van der Waals surface area contributed by atoms with E-state index in [-0.39, 0.29) is 24.0 Å². The lowest BCUT2D eigenvalue weighted by Crippen LogP contribution is -2.27. The Balaban J connectivity index is 1.54. The van der Waals surface area contributed by atoms with E-state index < -0.39 is 0 Å². The summed E-state index contributed by atoms with van der Waals surface area (Å²) in [6.45, 7) is 4.86. The largest absolute Gasteiger partial charge is 0.459 e. The first-order valence-corrected chi connectivity index (χ1v) is 9.92. The zero-order valence-corrected chi connectivity index (χ0v) is 17.0. The molecule has 0 saturated heterocycles. The van der Waals surface area contributed by atoms with Crippen molar-refractivity contribution in [1.29, 1.82) is 0 Å². The standard InChI is InChI=1S/C21H23N3O3S/c1-14(2)16-8-6-15(7-9-16)12-24(3)19(25)11-17-13-28-21(22-17)23-20(26)18-5-4-10-27-18/h4-10,13-14H,11-12H2,1-3H3,(H,22,23,26). The fourth-order valence-electron chi connectivity index (χ4n) is 2.67. The van der Waals surface area contributed by atoms with Crippen LogP contribution in [0.5, 0.6) is 0 Å². The molecule has 0 aliphatic carbocycles. The summed E-state index contributed by atoms with van der Waals surface area (Å²) >= 11 is 1.28. The average molecular weight is 398 g/mol. The molecule has 146 valence electrons. The van der Waals surface area contributed by atoms with Crippen LogP contribution in [0.15, 0.2) is 52.5 Å². The number of carbonyl (C=O) groups is 2. The molecule has 1 N–H and O–H groups in total. The number of nitrogens with zero attached hydrogens (tertiary/aromatic N) is 2.